The second-order valence-electron chi connectivity index (χ2n) is 7.82. The molecule has 33 heavy (non-hydrogen) atoms. The molecule has 11 heteroatoms. The molecule has 0 fully saturated rings. The Kier molecular flexibility index (Phi) is 10.6. The molecule has 0 aliphatic carbocycles. The molecular formula is C22H28Cl2N4O4S. The molecule has 1 atom stereocenters. The quantitative estimate of drug-likeness (QED) is 0.473. The molecule has 0 saturated carbocycles. The Hall–Kier alpha value is -2.20. The molecule has 1 heterocycles. The smallest absolute Gasteiger partial charge is 0.254 e. The fourth-order valence-corrected chi connectivity index (χ4v) is 3.70. The number of carbonyl (C=O) groups is 3. The van der Waals surface area contributed by atoms with Crippen molar-refractivity contribution in [3.05, 3.63) is 44.9 Å². The maximum absolute atomic E-state index is 12.9. The Morgan fingerprint density at radius 1 is 1.15 bits per heavy atom. The summed E-state index contributed by atoms with van der Waals surface area (Å²) in [5, 5.41) is 8.27. The fraction of sp³-hybridized carbons (Fsp3) is 0.455. The van der Waals surface area contributed by atoms with Gasteiger partial charge in [0.25, 0.3) is 5.91 Å². The molecule has 2 rings (SSSR count). The lowest BCUT2D eigenvalue weighted by molar-refractivity contribution is -0.121. The minimum atomic E-state index is -0.418. The largest absolute Gasteiger partial charge is 0.383 e. The number of ether oxygens (including phenoxy) is 1. The van der Waals surface area contributed by atoms with E-state index >= 15 is 0 Å². The van der Waals surface area contributed by atoms with E-state index in [1.54, 1.807) is 11.4 Å². The second-order valence-corrected chi connectivity index (χ2v) is 9.49. The summed E-state index contributed by atoms with van der Waals surface area (Å²) < 4.78 is 5.06. The summed E-state index contributed by atoms with van der Waals surface area (Å²) in [7, 11) is 1.51. The van der Waals surface area contributed by atoms with Crippen LogP contribution in [-0.2, 0) is 20.7 Å². The zero-order chi connectivity index (χ0) is 24.5. The van der Waals surface area contributed by atoms with Crippen molar-refractivity contribution in [2.75, 3.05) is 32.1 Å². The van der Waals surface area contributed by atoms with Crippen LogP contribution in [0.15, 0.2) is 23.6 Å². The van der Waals surface area contributed by atoms with Crippen LogP contribution in [0.5, 0.6) is 0 Å². The summed E-state index contributed by atoms with van der Waals surface area (Å²) >= 11 is 13.2. The molecule has 180 valence electrons. The highest BCUT2D eigenvalue weighted by atomic mass is 35.5. The monoisotopic (exact) mass is 514 g/mol. The minimum Gasteiger partial charge on any atom is -0.383 e. The topological polar surface area (TPSA) is 101 Å². The highest BCUT2D eigenvalue weighted by molar-refractivity contribution is 7.13. The van der Waals surface area contributed by atoms with E-state index in [0.29, 0.717) is 27.3 Å². The van der Waals surface area contributed by atoms with Crippen molar-refractivity contribution in [1.29, 1.82) is 0 Å². The number of aromatic nitrogens is 1. The van der Waals surface area contributed by atoms with Gasteiger partial charge in [0, 0.05) is 30.6 Å². The Balaban J connectivity index is 1.99. The average Bonchev–Trinajstić information content (AvgIpc) is 3.18. The third kappa shape index (κ3) is 8.58. The summed E-state index contributed by atoms with van der Waals surface area (Å²) in [5.41, 5.74) is 0.873. The standard InChI is InChI=1S/C22H28Cl2N4O4S/c1-13(2)14(3)25-19(29)10-16-12-33-22(26-16)27-20(30)11-28(7-8-32-4)21(31)15-5-6-17(23)18(24)9-15/h5-6,9,12-14H,7-8,10-11H2,1-4H3,(H,25,29)(H,26,27,30). The van der Waals surface area contributed by atoms with Crippen molar-refractivity contribution >= 4 is 57.4 Å². The van der Waals surface area contributed by atoms with E-state index in [2.05, 4.69) is 15.6 Å². The van der Waals surface area contributed by atoms with Crippen LogP contribution >= 0.6 is 34.5 Å². The molecule has 0 bridgehead atoms. The summed E-state index contributed by atoms with van der Waals surface area (Å²) in [6.45, 7) is 6.27. The number of carbonyl (C=O) groups excluding carboxylic acids is 3. The first kappa shape index (κ1) is 27.0. The molecule has 0 spiro atoms. The first-order valence-electron chi connectivity index (χ1n) is 10.4. The van der Waals surface area contributed by atoms with Crippen molar-refractivity contribution in [2.24, 2.45) is 5.92 Å². The third-order valence-corrected chi connectivity index (χ3v) is 6.43. The van der Waals surface area contributed by atoms with Crippen molar-refractivity contribution < 1.29 is 19.1 Å². The lowest BCUT2D eigenvalue weighted by Gasteiger charge is -2.22. The predicted octanol–water partition coefficient (Wildman–Crippen LogP) is 3.88. The lowest BCUT2D eigenvalue weighted by atomic mass is 10.1. The van der Waals surface area contributed by atoms with Gasteiger partial charge in [0.1, 0.15) is 6.54 Å². The predicted molar refractivity (Wildman–Crippen MR) is 131 cm³/mol. The van der Waals surface area contributed by atoms with Gasteiger partial charge in [-0.05, 0) is 31.0 Å². The van der Waals surface area contributed by atoms with E-state index in [-0.39, 0.29) is 49.0 Å². The first-order valence-corrected chi connectivity index (χ1v) is 12.0. The molecule has 0 aliphatic rings. The number of anilines is 1. The van der Waals surface area contributed by atoms with Crippen molar-refractivity contribution in [3.63, 3.8) is 0 Å². The summed E-state index contributed by atoms with van der Waals surface area (Å²) in [4.78, 5) is 43.3. The zero-order valence-electron chi connectivity index (χ0n) is 19.0. The van der Waals surface area contributed by atoms with Gasteiger partial charge in [-0.1, -0.05) is 37.0 Å². The van der Waals surface area contributed by atoms with Gasteiger partial charge in [-0.2, -0.15) is 0 Å². The SMILES string of the molecule is COCCN(CC(=O)Nc1nc(CC(=O)NC(C)C(C)C)cs1)C(=O)c1ccc(Cl)c(Cl)c1. The van der Waals surface area contributed by atoms with Crippen LogP contribution in [-0.4, -0.2) is 60.5 Å². The first-order chi connectivity index (χ1) is 15.6. The number of amides is 3. The van der Waals surface area contributed by atoms with Gasteiger partial charge >= 0.3 is 0 Å². The van der Waals surface area contributed by atoms with E-state index in [4.69, 9.17) is 27.9 Å². The van der Waals surface area contributed by atoms with E-state index in [0.717, 1.165) is 0 Å². The number of benzene rings is 1. The third-order valence-electron chi connectivity index (χ3n) is 4.88. The minimum absolute atomic E-state index is 0.0569. The summed E-state index contributed by atoms with van der Waals surface area (Å²) in [6, 6.07) is 4.59. The number of methoxy groups -OCH3 is 1. The van der Waals surface area contributed by atoms with Gasteiger partial charge in [-0.3, -0.25) is 14.4 Å². The molecule has 1 unspecified atom stereocenters. The number of hydrogen-bond acceptors (Lipinski definition) is 6. The molecule has 8 nitrogen and oxygen atoms in total. The number of thiazole rings is 1. The van der Waals surface area contributed by atoms with Gasteiger partial charge in [0.2, 0.25) is 11.8 Å². The van der Waals surface area contributed by atoms with E-state index < -0.39 is 5.91 Å². The van der Waals surface area contributed by atoms with Gasteiger partial charge in [0.05, 0.1) is 28.8 Å². The van der Waals surface area contributed by atoms with Crippen LogP contribution in [0.1, 0.15) is 36.8 Å². The molecule has 1 aromatic carbocycles. The van der Waals surface area contributed by atoms with Crippen molar-refractivity contribution in [1.82, 2.24) is 15.2 Å². The van der Waals surface area contributed by atoms with E-state index in [1.807, 2.05) is 20.8 Å². The van der Waals surface area contributed by atoms with Crippen LogP contribution < -0.4 is 10.6 Å². The summed E-state index contributed by atoms with van der Waals surface area (Å²) in [6.07, 6.45) is 0.124. The molecule has 0 radical (unpaired) electrons. The maximum atomic E-state index is 12.9. The number of rotatable bonds is 11. The molecule has 0 aliphatic heterocycles. The van der Waals surface area contributed by atoms with Crippen molar-refractivity contribution in [3.8, 4) is 0 Å². The normalized spacial score (nSPS) is 11.8. The fourth-order valence-electron chi connectivity index (χ4n) is 2.68. The Bertz CT molecular complexity index is 983. The van der Waals surface area contributed by atoms with Gasteiger partial charge in [0.15, 0.2) is 5.13 Å². The molecule has 1 aromatic heterocycles. The van der Waals surface area contributed by atoms with Crippen LogP contribution in [0.2, 0.25) is 10.0 Å². The molecule has 3 amide bonds. The highest BCUT2D eigenvalue weighted by Gasteiger charge is 2.20. The Labute approximate surface area is 207 Å². The lowest BCUT2D eigenvalue weighted by Crippen LogP contribution is -2.40. The van der Waals surface area contributed by atoms with E-state index in [1.165, 1.54) is 35.5 Å². The molecule has 0 saturated heterocycles. The van der Waals surface area contributed by atoms with Crippen LogP contribution in [0.25, 0.3) is 0 Å². The molecule has 2 aromatic rings. The Morgan fingerprint density at radius 3 is 2.52 bits per heavy atom. The van der Waals surface area contributed by atoms with Crippen LogP contribution in [0.4, 0.5) is 5.13 Å². The molecular weight excluding hydrogens is 487 g/mol. The highest BCUT2D eigenvalue weighted by Crippen LogP contribution is 2.23. The molecule has 2 N–H and O–H groups in total. The van der Waals surface area contributed by atoms with Gasteiger partial charge in [-0.15, -0.1) is 11.3 Å². The average molecular weight is 515 g/mol. The Morgan fingerprint density at radius 2 is 1.88 bits per heavy atom. The van der Waals surface area contributed by atoms with Crippen LogP contribution in [0, 0.1) is 5.92 Å². The van der Waals surface area contributed by atoms with Gasteiger partial charge < -0.3 is 20.3 Å². The second kappa shape index (κ2) is 12.9. The van der Waals surface area contributed by atoms with E-state index in [9.17, 15) is 14.4 Å². The number of nitrogens with zero attached hydrogens (tertiary/aromatic N) is 2. The number of hydrogen-bond donors (Lipinski definition) is 2. The summed E-state index contributed by atoms with van der Waals surface area (Å²) in [5.74, 6) is -0.598. The van der Waals surface area contributed by atoms with Crippen molar-refractivity contribution in [2.45, 2.75) is 33.2 Å². The van der Waals surface area contributed by atoms with Crippen LogP contribution in [0.3, 0.4) is 0 Å². The number of halogens is 2. The maximum Gasteiger partial charge on any atom is 0.254 e. The zero-order valence-corrected chi connectivity index (χ0v) is 21.3. The number of nitrogens with one attached hydrogen (secondary N) is 2. The van der Waals surface area contributed by atoms with Gasteiger partial charge in [-0.25, -0.2) is 4.98 Å².